The average Bonchev–Trinajstić information content (AvgIpc) is 2.57. The van der Waals surface area contributed by atoms with E-state index in [1.54, 1.807) is 24.3 Å². The summed E-state index contributed by atoms with van der Waals surface area (Å²) in [6.07, 6.45) is 1.97. The summed E-state index contributed by atoms with van der Waals surface area (Å²) in [7, 11) is -9.89. The monoisotopic (exact) mass is 510 g/mol. The highest BCUT2D eigenvalue weighted by Gasteiger charge is 1.91. The van der Waals surface area contributed by atoms with Gasteiger partial charge in [0.25, 0.3) is 0 Å². The minimum Gasteiger partial charge on any atom is -0.508 e. The number of rotatable bonds is 4. The first-order valence-corrected chi connectivity index (χ1v) is 10.5. The van der Waals surface area contributed by atoms with Gasteiger partial charge in [-0.2, -0.15) is 0 Å². The van der Waals surface area contributed by atoms with Gasteiger partial charge in [0.05, 0.1) is 13.1 Å². The zero-order valence-corrected chi connectivity index (χ0v) is 18.3. The summed E-state index contributed by atoms with van der Waals surface area (Å²) in [6, 6.07) is 14.5. The third kappa shape index (κ3) is 35.6. The van der Waals surface area contributed by atoms with Gasteiger partial charge in [-0.1, -0.05) is 24.3 Å². The van der Waals surface area contributed by atoms with Crippen molar-refractivity contribution in [3.63, 3.8) is 0 Å². The van der Waals surface area contributed by atoms with E-state index in [2.05, 4.69) is 11.5 Å². The van der Waals surface area contributed by atoms with Crippen molar-refractivity contribution in [1.29, 1.82) is 0 Å². The Kier molecular flexibility index (Phi) is 23.2. The van der Waals surface area contributed by atoms with Crippen molar-refractivity contribution in [3.8, 4) is 11.5 Å². The molecular weight excluding hydrogens is 483 g/mol. The third-order valence-corrected chi connectivity index (χ3v) is 2.80. The number of halogens is 2. The quantitative estimate of drug-likeness (QED) is 0.300. The number of quaternary nitrogens is 2. The molecule has 0 aromatic heterocycles. The average molecular weight is 511 g/mol. The summed E-state index contributed by atoms with van der Waals surface area (Å²) < 4.78 is 67.9. The highest BCUT2D eigenvalue weighted by Crippen LogP contribution is 2.09. The fraction of sp³-hybridized carbons (Fsp3) is 0.250. The molecule has 0 aliphatic rings. The van der Waals surface area contributed by atoms with Gasteiger partial charge in [-0.25, -0.2) is 37.3 Å². The fourth-order valence-corrected chi connectivity index (χ4v) is 1.73. The summed E-state index contributed by atoms with van der Waals surface area (Å²) in [5.41, 5.74) is 9.94. The molecule has 16 heteroatoms. The van der Waals surface area contributed by atoms with Crippen LogP contribution in [-0.4, -0.2) is 34.3 Å². The molecule has 0 radical (unpaired) electrons. The number of aromatic hydroxyl groups is 2. The maximum atomic E-state index is 8.91. The van der Waals surface area contributed by atoms with Gasteiger partial charge in [0.2, 0.25) is 0 Å². The van der Waals surface area contributed by atoms with Crippen LogP contribution in [0.15, 0.2) is 48.5 Å². The number of phenols is 2. The van der Waals surface area contributed by atoms with E-state index >= 15 is 0 Å². The summed E-state index contributed by atoms with van der Waals surface area (Å²) in [5, 5.41) is 17.8. The van der Waals surface area contributed by atoms with Crippen molar-refractivity contribution < 1.29 is 90.4 Å². The normalized spacial score (nSPS) is 9.81. The van der Waals surface area contributed by atoms with Gasteiger partial charge in [-0.3, -0.25) is 0 Å². The molecule has 0 fully saturated rings. The number of hydrogen-bond acceptors (Lipinski definition) is 10. The lowest BCUT2D eigenvalue weighted by Crippen LogP contribution is -2.68. The zero-order valence-electron chi connectivity index (χ0n) is 16.8. The van der Waals surface area contributed by atoms with Crippen LogP contribution in [0.1, 0.15) is 11.1 Å². The van der Waals surface area contributed by atoms with Crippen LogP contribution in [0, 0.1) is 20.5 Å². The van der Waals surface area contributed by atoms with Crippen molar-refractivity contribution >= 4 is 0 Å². The molecule has 0 amide bonds. The molecule has 188 valence electrons. The van der Waals surface area contributed by atoms with E-state index in [0.29, 0.717) is 11.5 Å². The van der Waals surface area contributed by atoms with Crippen LogP contribution >= 0.6 is 0 Å². The minimum absolute atomic E-state index is 0. The standard InChI is InChI=1S/2C8H11NO.2ClHO4.2H2O/c2*9-6-5-7-1-3-8(10)4-2-7;2*2-1(3,4)5;;/h2*1-4,10H,5-6,9H2;2*(H,2,3,4,5);2*1H2. The van der Waals surface area contributed by atoms with Crippen LogP contribution < -0.4 is 48.7 Å². The second kappa shape index (κ2) is 19.8. The van der Waals surface area contributed by atoms with Crippen molar-refractivity contribution in [2.75, 3.05) is 13.1 Å². The van der Waals surface area contributed by atoms with Crippen LogP contribution in [0.5, 0.6) is 11.5 Å². The van der Waals surface area contributed by atoms with Gasteiger partial charge in [-0.05, 0) is 35.4 Å². The topological polar surface area (TPSA) is 343 Å². The maximum absolute atomic E-state index is 8.91. The molecule has 0 heterocycles. The van der Waals surface area contributed by atoms with E-state index in [9.17, 15) is 0 Å². The van der Waals surface area contributed by atoms with E-state index in [4.69, 9.17) is 47.5 Å². The van der Waals surface area contributed by atoms with Crippen molar-refractivity contribution in [2.45, 2.75) is 12.8 Å². The van der Waals surface area contributed by atoms with Crippen LogP contribution in [0.2, 0.25) is 0 Å². The van der Waals surface area contributed by atoms with E-state index < -0.39 is 20.5 Å². The van der Waals surface area contributed by atoms with E-state index in [0.717, 1.165) is 25.9 Å². The molecule has 32 heavy (non-hydrogen) atoms. The number of phenolic OH excluding ortho intramolecular Hbond substituents is 2. The second-order valence-corrected chi connectivity index (χ2v) is 6.81. The Balaban J connectivity index is -0.000000169. The molecule has 0 spiro atoms. The Bertz CT molecular complexity index is 593. The second-order valence-electron chi connectivity index (χ2n) is 5.30. The Morgan fingerprint density at radius 3 is 0.875 bits per heavy atom. The smallest absolute Gasteiger partial charge is 0.115 e. The maximum Gasteiger partial charge on any atom is 0.115 e. The van der Waals surface area contributed by atoms with Gasteiger partial charge >= 0.3 is 0 Å². The summed E-state index contributed by atoms with van der Waals surface area (Å²) >= 11 is 0. The lowest BCUT2D eigenvalue weighted by atomic mass is 10.1. The third-order valence-electron chi connectivity index (χ3n) is 2.80. The van der Waals surface area contributed by atoms with Gasteiger partial charge in [-0.15, -0.1) is 20.5 Å². The molecule has 2 aromatic carbocycles. The molecule has 0 saturated heterocycles. The lowest BCUT2D eigenvalue weighted by molar-refractivity contribution is -2.00. The van der Waals surface area contributed by atoms with E-state index in [-0.39, 0.29) is 11.0 Å². The fourth-order valence-electron chi connectivity index (χ4n) is 1.73. The molecule has 0 unspecified atom stereocenters. The van der Waals surface area contributed by atoms with E-state index in [1.807, 2.05) is 24.3 Å². The SMILES string of the molecule is O.O.[NH3+]CCc1ccc(O)cc1.[NH3+]CCc1ccc(O)cc1.[O-][Cl+3]([O-])([O-])[O-].[O-][Cl+3]([O-])([O-])[O-]. The molecule has 0 atom stereocenters. The summed E-state index contributed by atoms with van der Waals surface area (Å²) in [4.78, 5) is 0. The summed E-state index contributed by atoms with van der Waals surface area (Å²) in [6.45, 7) is 1.82. The Labute approximate surface area is 187 Å². The molecular formula is C16H28Cl2N2O12. The lowest BCUT2D eigenvalue weighted by Gasteiger charge is -2.17. The molecule has 0 aliphatic carbocycles. The van der Waals surface area contributed by atoms with Gasteiger partial charge in [0, 0.05) is 12.8 Å². The predicted octanol–water partition coefficient (Wildman–Crippen LogP) is -10.8. The van der Waals surface area contributed by atoms with Gasteiger partial charge in [0.1, 0.15) is 11.5 Å². The molecule has 0 aliphatic heterocycles. The number of hydrogen-bond donors (Lipinski definition) is 4. The molecule has 12 N–H and O–H groups in total. The Hall–Kier alpha value is -1.86. The first kappa shape index (κ1) is 37.5. The van der Waals surface area contributed by atoms with Crippen LogP contribution in [0.3, 0.4) is 0 Å². The minimum atomic E-state index is -4.94. The molecule has 2 aromatic rings. The van der Waals surface area contributed by atoms with Crippen molar-refractivity contribution in [1.82, 2.24) is 0 Å². The Morgan fingerprint density at radius 2 is 0.719 bits per heavy atom. The first-order chi connectivity index (χ1) is 13.7. The first-order valence-electron chi connectivity index (χ1n) is 8.03. The Morgan fingerprint density at radius 1 is 0.531 bits per heavy atom. The number of benzene rings is 2. The van der Waals surface area contributed by atoms with Gasteiger partial charge < -0.3 is 32.6 Å². The van der Waals surface area contributed by atoms with Crippen molar-refractivity contribution in [2.24, 2.45) is 0 Å². The van der Waals surface area contributed by atoms with Gasteiger partial charge in [0.15, 0.2) is 0 Å². The highest BCUT2D eigenvalue weighted by molar-refractivity contribution is 5.26. The molecule has 2 rings (SSSR count). The molecule has 0 saturated carbocycles. The van der Waals surface area contributed by atoms with Crippen LogP contribution in [0.25, 0.3) is 0 Å². The molecule has 0 bridgehead atoms. The summed E-state index contributed by atoms with van der Waals surface area (Å²) in [5.74, 6) is 0.653. The molecule has 14 nitrogen and oxygen atoms in total. The van der Waals surface area contributed by atoms with Crippen LogP contribution in [0.4, 0.5) is 0 Å². The van der Waals surface area contributed by atoms with Crippen LogP contribution in [-0.2, 0) is 12.8 Å². The van der Waals surface area contributed by atoms with Crippen molar-refractivity contribution in [3.05, 3.63) is 59.7 Å². The largest absolute Gasteiger partial charge is 0.508 e. The predicted molar refractivity (Wildman–Crippen MR) is 86.4 cm³/mol. The highest BCUT2D eigenvalue weighted by atomic mass is 35.7. The van der Waals surface area contributed by atoms with E-state index in [1.165, 1.54) is 11.1 Å². The zero-order chi connectivity index (χ0) is 23.8.